The Labute approximate surface area is 191 Å². The van der Waals surface area contributed by atoms with Gasteiger partial charge in [0.15, 0.2) is 5.78 Å². The van der Waals surface area contributed by atoms with Gasteiger partial charge >= 0.3 is 11.9 Å². The fourth-order valence-electron chi connectivity index (χ4n) is 7.49. The highest BCUT2D eigenvalue weighted by molar-refractivity contribution is 6.26. The predicted molar refractivity (Wildman–Crippen MR) is 115 cm³/mol. The van der Waals surface area contributed by atoms with E-state index < -0.39 is 63.3 Å². The molecule has 4 aliphatic carbocycles. The van der Waals surface area contributed by atoms with Gasteiger partial charge in [-0.2, -0.15) is 0 Å². The number of aliphatic hydroxyl groups excluding tert-OH is 1. The lowest BCUT2D eigenvalue weighted by molar-refractivity contribution is -0.213. The molecule has 4 aliphatic rings. The molecule has 2 N–H and O–H groups in total. The Kier molecular flexibility index (Phi) is 5.22. The number of rotatable bonds is 3. The zero-order valence-electron chi connectivity index (χ0n) is 18.7. The molecule has 0 unspecified atom stereocenters. The summed E-state index contributed by atoms with van der Waals surface area (Å²) < 4.78 is 21.2. The number of aliphatic hydroxyl groups is 1. The zero-order valence-corrected chi connectivity index (χ0v) is 19.5. The van der Waals surface area contributed by atoms with Crippen LogP contribution in [0.2, 0.25) is 0 Å². The van der Waals surface area contributed by atoms with Crippen LogP contribution in [-0.2, 0) is 19.1 Å². The summed E-state index contributed by atoms with van der Waals surface area (Å²) in [6, 6.07) is 0. The maximum absolute atomic E-state index is 15.5. The molecule has 8 heteroatoms. The van der Waals surface area contributed by atoms with Crippen LogP contribution in [0.1, 0.15) is 53.4 Å². The molecule has 6 nitrogen and oxygen atoms in total. The van der Waals surface area contributed by atoms with Crippen LogP contribution in [0.4, 0.5) is 4.39 Å². The maximum atomic E-state index is 15.5. The molecule has 0 aromatic carbocycles. The first kappa shape index (κ1) is 23.4. The largest absolute Gasteiger partial charge is 0.478 e. The Morgan fingerprint density at radius 2 is 1.94 bits per heavy atom. The van der Waals surface area contributed by atoms with E-state index in [1.54, 1.807) is 33.8 Å². The number of hydrogen-bond acceptors (Lipinski definition) is 5. The molecular weight excluding hydrogens is 439 g/mol. The number of allylic oxidation sites excluding steroid dienone is 4. The minimum atomic E-state index is -1.84. The molecule has 176 valence electrons. The number of ether oxygens (including phenoxy) is 1. The second-order valence-electron chi connectivity index (χ2n) is 10.4. The number of esters is 1. The third-order valence-corrected chi connectivity index (χ3v) is 9.97. The van der Waals surface area contributed by atoms with Crippen LogP contribution in [0.3, 0.4) is 0 Å². The van der Waals surface area contributed by atoms with Gasteiger partial charge in [-0.05, 0) is 48.8 Å². The number of ketones is 1. The molecule has 3 fully saturated rings. The number of alkyl halides is 2. The van der Waals surface area contributed by atoms with E-state index in [2.05, 4.69) is 0 Å². The molecule has 0 heterocycles. The van der Waals surface area contributed by atoms with Crippen LogP contribution in [-0.4, -0.2) is 50.7 Å². The van der Waals surface area contributed by atoms with Crippen molar-refractivity contribution in [2.75, 3.05) is 0 Å². The first-order valence-corrected chi connectivity index (χ1v) is 11.6. The van der Waals surface area contributed by atoms with E-state index in [4.69, 9.17) is 16.3 Å². The summed E-state index contributed by atoms with van der Waals surface area (Å²) in [5.74, 6) is -3.74. The van der Waals surface area contributed by atoms with Gasteiger partial charge < -0.3 is 14.9 Å². The zero-order chi connectivity index (χ0) is 23.9. The van der Waals surface area contributed by atoms with Gasteiger partial charge in [0, 0.05) is 23.2 Å². The van der Waals surface area contributed by atoms with Crippen LogP contribution >= 0.6 is 11.6 Å². The van der Waals surface area contributed by atoms with Crippen molar-refractivity contribution in [2.24, 2.45) is 28.6 Å². The first-order chi connectivity index (χ1) is 14.8. The Hall–Kier alpha value is -1.73. The van der Waals surface area contributed by atoms with E-state index in [1.165, 1.54) is 12.2 Å². The van der Waals surface area contributed by atoms with E-state index in [0.717, 1.165) is 0 Å². The van der Waals surface area contributed by atoms with Crippen LogP contribution in [0.15, 0.2) is 23.8 Å². The summed E-state index contributed by atoms with van der Waals surface area (Å²) in [5, 5.41) is 21.8. The van der Waals surface area contributed by atoms with Crippen molar-refractivity contribution in [1.82, 2.24) is 0 Å². The van der Waals surface area contributed by atoms with E-state index >= 15 is 4.39 Å². The summed E-state index contributed by atoms with van der Waals surface area (Å²) in [6.07, 6.45) is 1.88. The predicted octanol–water partition coefficient (Wildman–Crippen LogP) is 3.60. The third-order valence-electron chi connectivity index (χ3n) is 9.05. The van der Waals surface area contributed by atoms with Crippen molar-refractivity contribution in [1.29, 1.82) is 0 Å². The first-order valence-electron chi connectivity index (χ1n) is 11.2. The van der Waals surface area contributed by atoms with Crippen molar-refractivity contribution in [2.45, 2.75) is 76.1 Å². The van der Waals surface area contributed by atoms with Crippen molar-refractivity contribution in [3.05, 3.63) is 23.8 Å². The lowest BCUT2D eigenvalue weighted by atomic mass is 9.45. The van der Waals surface area contributed by atoms with Crippen molar-refractivity contribution in [3.8, 4) is 0 Å². The van der Waals surface area contributed by atoms with Gasteiger partial charge in [-0.1, -0.05) is 33.8 Å². The van der Waals surface area contributed by atoms with Crippen molar-refractivity contribution >= 4 is 29.3 Å². The van der Waals surface area contributed by atoms with Crippen molar-refractivity contribution in [3.63, 3.8) is 0 Å². The molecule has 9 atom stereocenters. The van der Waals surface area contributed by atoms with Crippen LogP contribution in [0.5, 0.6) is 0 Å². The number of hydrogen-bond donors (Lipinski definition) is 2. The molecule has 32 heavy (non-hydrogen) atoms. The van der Waals surface area contributed by atoms with Crippen LogP contribution in [0.25, 0.3) is 0 Å². The highest BCUT2D eigenvalue weighted by atomic mass is 35.5. The number of fused-ring (bicyclic) bond motifs is 5. The van der Waals surface area contributed by atoms with Crippen LogP contribution < -0.4 is 0 Å². The molecule has 4 rings (SSSR count). The highest BCUT2D eigenvalue weighted by Crippen LogP contribution is 2.72. The van der Waals surface area contributed by atoms with E-state index in [0.29, 0.717) is 6.42 Å². The topological polar surface area (TPSA) is 101 Å². The number of carboxylic acid groups (broad SMARTS) is 1. The second kappa shape index (κ2) is 7.13. The van der Waals surface area contributed by atoms with Gasteiger partial charge in [-0.3, -0.25) is 9.59 Å². The van der Waals surface area contributed by atoms with Crippen LogP contribution in [0, 0.1) is 28.6 Å². The monoisotopic (exact) mass is 468 g/mol. The maximum Gasteiger partial charge on any atom is 0.349 e. The molecule has 0 spiro atoms. The number of carbonyl (C=O) groups is 3. The van der Waals surface area contributed by atoms with E-state index in [-0.39, 0.29) is 30.6 Å². The fourth-order valence-corrected chi connectivity index (χ4v) is 7.98. The molecule has 0 aromatic heterocycles. The molecular formula is C24H30ClFO6. The molecule has 0 bridgehead atoms. The Morgan fingerprint density at radius 1 is 1.28 bits per heavy atom. The molecule has 0 amide bonds. The number of carboxylic acids is 1. The summed E-state index contributed by atoms with van der Waals surface area (Å²) in [7, 11) is 0. The van der Waals surface area contributed by atoms with Gasteiger partial charge in [-0.15, -0.1) is 11.6 Å². The molecule has 0 saturated heterocycles. The summed E-state index contributed by atoms with van der Waals surface area (Å²) >= 11 is 7.26. The van der Waals surface area contributed by atoms with Gasteiger partial charge in [0.2, 0.25) is 5.60 Å². The smallest absolute Gasteiger partial charge is 0.349 e. The second-order valence-corrected chi connectivity index (χ2v) is 11.0. The summed E-state index contributed by atoms with van der Waals surface area (Å²) in [4.78, 5) is 35.6. The summed E-state index contributed by atoms with van der Waals surface area (Å²) in [6.45, 7) is 6.78. The SMILES string of the molecule is CCC(=O)O[C@]1(C(=O)O)[C@@H](C)C[C@H]2[C@@H]3C[C@H](F)C4=CC(=O)C=C[C@]4(C)[C@@]3(Cl)[C@@H](O)C[C@@]21C. The van der Waals surface area contributed by atoms with Crippen molar-refractivity contribution < 1.29 is 33.7 Å². The number of carbonyl (C=O) groups excluding carboxylic acids is 2. The lowest BCUT2D eigenvalue weighted by Gasteiger charge is -2.64. The van der Waals surface area contributed by atoms with E-state index in [1.807, 2.05) is 0 Å². The average molecular weight is 469 g/mol. The Morgan fingerprint density at radius 3 is 2.53 bits per heavy atom. The van der Waals surface area contributed by atoms with E-state index in [9.17, 15) is 24.6 Å². The summed E-state index contributed by atoms with van der Waals surface area (Å²) in [5.41, 5.74) is -3.84. The average Bonchev–Trinajstić information content (AvgIpc) is 2.93. The quantitative estimate of drug-likeness (QED) is 0.485. The molecule has 0 aliphatic heterocycles. The molecule has 0 aromatic rings. The Balaban J connectivity index is 1.87. The normalized spacial score (nSPS) is 49.5. The third kappa shape index (κ3) is 2.58. The Bertz CT molecular complexity index is 947. The van der Waals surface area contributed by atoms with Gasteiger partial charge in [-0.25, -0.2) is 9.18 Å². The minimum Gasteiger partial charge on any atom is -0.478 e. The number of aliphatic carboxylic acids is 1. The molecule has 3 saturated carbocycles. The van der Waals surface area contributed by atoms with Gasteiger partial charge in [0.25, 0.3) is 0 Å². The minimum absolute atomic E-state index is 0.0194. The fraction of sp³-hybridized carbons (Fsp3) is 0.708. The lowest BCUT2D eigenvalue weighted by Crippen LogP contribution is -2.70. The standard InChI is InChI=1S/C24H30ClFO6/c1-5-19(29)32-24(20(30)31)12(2)8-14-15-10-17(26)16-9-13(27)6-7-21(16,3)23(15,25)18(28)11-22(14,24)4/h6-7,9,12,14-15,17-18,28H,5,8,10-11H2,1-4H3,(H,30,31)/t12-,14-,15-,17-,18-,21-,22-,23-,24-/m0/s1. The number of halogens is 2. The highest BCUT2D eigenvalue weighted by Gasteiger charge is 2.77. The molecule has 0 radical (unpaired) electrons. The van der Waals surface area contributed by atoms with Gasteiger partial charge in [0.05, 0.1) is 11.0 Å². The van der Waals surface area contributed by atoms with Gasteiger partial charge in [0.1, 0.15) is 6.17 Å².